The minimum Gasteiger partial charge on any atom is -0.261 e. The van der Waals surface area contributed by atoms with Crippen molar-refractivity contribution in [3.63, 3.8) is 0 Å². The van der Waals surface area contributed by atoms with Gasteiger partial charge in [-0.05, 0) is 13.3 Å². The normalized spacial score (nSPS) is 15.6. The third-order valence-electron chi connectivity index (χ3n) is 1.96. The molecule has 1 rings (SSSR count). The molecular weight excluding hydrogens is 172 g/mol. The van der Waals surface area contributed by atoms with E-state index in [1.807, 2.05) is 6.92 Å². The predicted molar refractivity (Wildman–Crippen MR) is 50.4 cm³/mol. The molecule has 0 N–H and O–H groups in total. The fraction of sp³-hybridized carbons (Fsp3) is 0.556. The third kappa shape index (κ3) is 2.18. The summed E-state index contributed by atoms with van der Waals surface area (Å²) in [6.45, 7) is 4.10. The van der Waals surface area contributed by atoms with Gasteiger partial charge in [0, 0.05) is 29.9 Å². The molecule has 3 heteroatoms. The molecule has 12 heavy (non-hydrogen) atoms. The lowest BCUT2D eigenvalue weighted by Crippen LogP contribution is -2.10. The molecule has 2 atom stereocenters. The largest absolute Gasteiger partial charge is 0.261 e. The van der Waals surface area contributed by atoms with Gasteiger partial charge >= 0.3 is 0 Å². The van der Waals surface area contributed by atoms with Gasteiger partial charge < -0.3 is 0 Å². The van der Waals surface area contributed by atoms with Crippen LogP contribution in [0.2, 0.25) is 0 Å². The van der Waals surface area contributed by atoms with E-state index < -0.39 is 0 Å². The summed E-state index contributed by atoms with van der Waals surface area (Å²) < 4.78 is 0. The molecule has 1 aromatic rings. The lowest BCUT2D eigenvalue weighted by molar-refractivity contribution is 0.627. The standard InChI is InChI=1S/C9H13ClN2/c1-3-8(7(2)10)9-6-11-4-5-12-9/h4-8H,3H2,1-2H3. The van der Waals surface area contributed by atoms with Gasteiger partial charge in [0.25, 0.3) is 0 Å². The van der Waals surface area contributed by atoms with Gasteiger partial charge in [0.15, 0.2) is 0 Å². The Hall–Kier alpha value is -0.630. The Morgan fingerprint density at radius 1 is 1.50 bits per heavy atom. The summed E-state index contributed by atoms with van der Waals surface area (Å²) in [5.74, 6) is 0.320. The van der Waals surface area contributed by atoms with E-state index in [0.29, 0.717) is 5.92 Å². The van der Waals surface area contributed by atoms with Gasteiger partial charge in [-0.3, -0.25) is 9.97 Å². The van der Waals surface area contributed by atoms with E-state index in [1.54, 1.807) is 18.6 Å². The molecule has 66 valence electrons. The smallest absolute Gasteiger partial charge is 0.0632 e. The highest BCUT2D eigenvalue weighted by Gasteiger charge is 2.16. The van der Waals surface area contributed by atoms with Gasteiger partial charge in [-0.1, -0.05) is 6.92 Å². The van der Waals surface area contributed by atoms with E-state index in [1.165, 1.54) is 0 Å². The molecule has 2 unspecified atom stereocenters. The van der Waals surface area contributed by atoms with Gasteiger partial charge in [-0.2, -0.15) is 0 Å². The second-order valence-corrected chi connectivity index (χ2v) is 3.51. The maximum Gasteiger partial charge on any atom is 0.0632 e. The minimum atomic E-state index is 0.117. The number of nitrogens with zero attached hydrogens (tertiary/aromatic N) is 2. The summed E-state index contributed by atoms with van der Waals surface area (Å²) >= 11 is 6.01. The molecular formula is C9H13ClN2. The van der Waals surface area contributed by atoms with Gasteiger partial charge in [0.2, 0.25) is 0 Å². The number of aromatic nitrogens is 2. The highest BCUT2D eigenvalue weighted by molar-refractivity contribution is 6.20. The van der Waals surface area contributed by atoms with E-state index in [4.69, 9.17) is 11.6 Å². The molecule has 0 aliphatic heterocycles. The van der Waals surface area contributed by atoms with E-state index in [2.05, 4.69) is 16.9 Å². The zero-order valence-corrected chi connectivity index (χ0v) is 8.12. The average Bonchev–Trinajstić information content (AvgIpc) is 2.07. The second-order valence-electron chi connectivity index (χ2n) is 2.82. The van der Waals surface area contributed by atoms with Crippen molar-refractivity contribution in [2.45, 2.75) is 31.6 Å². The first kappa shape index (κ1) is 9.46. The zero-order valence-electron chi connectivity index (χ0n) is 7.37. The van der Waals surface area contributed by atoms with Crippen molar-refractivity contribution < 1.29 is 0 Å². The molecule has 0 amide bonds. The summed E-state index contributed by atoms with van der Waals surface area (Å²) in [6, 6.07) is 0. The Morgan fingerprint density at radius 3 is 2.67 bits per heavy atom. The van der Waals surface area contributed by atoms with Gasteiger partial charge in [-0.15, -0.1) is 11.6 Å². The van der Waals surface area contributed by atoms with Crippen LogP contribution in [0.4, 0.5) is 0 Å². The molecule has 0 fully saturated rings. The predicted octanol–water partition coefficient (Wildman–Crippen LogP) is 2.60. The first-order valence-corrected chi connectivity index (χ1v) is 4.59. The van der Waals surface area contributed by atoms with Gasteiger partial charge in [0.1, 0.15) is 0 Å². The summed E-state index contributed by atoms with van der Waals surface area (Å²) in [5, 5.41) is 0.117. The maximum absolute atomic E-state index is 6.01. The average molecular weight is 185 g/mol. The fourth-order valence-electron chi connectivity index (χ4n) is 1.27. The molecule has 1 heterocycles. The Bertz CT molecular complexity index is 223. The lowest BCUT2D eigenvalue weighted by Gasteiger charge is -2.15. The fourth-order valence-corrected chi connectivity index (χ4v) is 1.58. The maximum atomic E-state index is 6.01. The SMILES string of the molecule is CCC(c1cnccn1)C(C)Cl. The lowest BCUT2D eigenvalue weighted by atomic mass is 10.00. The second kappa shape index (κ2) is 4.41. The minimum absolute atomic E-state index is 0.117. The number of alkyl halides is 1. The number of hydrogen-bond donors (Lipinski definition) is 0. The molecule has 0 aromatic carbocycles. The van der Waals surface area contributed by atoms with Crippen molar-refractivity contribution in [3.05, 3.63) is 24.3 Å². The van der Waals surface area contributed by atoms with Gasteiger partial charge in [-0.25, -0.2) is 0 Å². The number of hydrogen-bond acceptors (Lipinski definition) is 2. The summed E-state index contributed by atoms with van der Waals surface area (Å²) in [6.07, 6.45) is 6.17. The van der Waals surface area contributed by atoms with Crippen LogP contribution in [0, 0.1) is 0 Å². The van der Waals surface area contributed by atoms with E-state index in [0.717, 1.165) is 12.1 Å². The zero-order chi connectivity index (χ0) is 8.97. The first-order chi connectivity index (χ1) is 5.75. The summed E-state index contributed by atoms with van der Waals surface area (Å²) in [4.78, 5) is 8.24. The van der Waals surface area contributed by atoms with Crippen molar-refractivity contribution in [2.24, 2.45) is 0 Å². The molecule has 0 radical (unpaired) electrons. The van der Waals surface area contributed by atoms with Crippen LogP contribution < -0.4 is 0 Å². The third-order valence-corrected chi connectivity index (χ3v) is 2.26. The highest BCUT2D eigenvalue weighted by Crippen LogP contribution is 2.23. The number of rotatable bonds is 3. The van der Waals surface area contributed by atoms with Crippen LogP contribution in [-0.2, 0) is 0 Å². The van der Waals surface area contributed by atoms with Crippen LogP contribution in [0.3, 0.4) is 0 Å². The van der Waals surface area contributed by atoms with Crippen LogP contribution in [-0.4, -0.2) is 15.3 Å². The van der Waals surface area contributed by atoms with Crippen molar-refractivity contribution in [2.75, 3.05) is 0 Å². The molecule has 0 saturated heterocycles. The molecule has 0 saturated carbocycles. The Balaban J connectivity index is 2.80. The molecule has 1 aromatic heterocycles. The van der Waals surface area contributed by atoms with Crippen LogP contribution >= 0.6 is 11.6 Å². The quantitative estimate of drug-likeness (QED) is 0.675. The number of halogens is 1. The molecule has 2 nitrogen and oxygen atoms in total. The van der Waals surface area contributed by atoms with Crippen molar-refractivity contribution in [1.82, 2.24) is 9.97 Å². The van der Waals surface area contributed by atoms with Crippen LogP contribution in [0.25, 0.3) is 0 Å². The van der Waals surface area contributed by atoms with Crippen LogP contribution in [0.15, 0.2) is 18.6 Å². The van der Waals surface area contributed by atoms with Gasteiger partial charge in [0.05, 0.1) is 5.69 Å². The van der Waals surface area contributed by atoms with Crippen LogP contribution in [0.5, 0.6) is 0 Å². The Kier molecular flexibility index (Phi) is 3.48. The van der Waals surface area contributed by atoms with Crippen molar-refractivity contribution in [1.29, 1.82) is 0 Å². The molecule has 0 aliphatic carbocycles. The van der Waals surface area contributed by atoms with Crippen molar-refractivity contribution >= 4 is 11.6 Å². The van der Waals surface area contributed by atoms with Crippen LogP contribution in [0.1, 0.15) is 31.9 Å². The highest BCUT2D eigenvalue weighted by atomic mass is 35.5. The summed E-state index contributed by atoms with van der Waals surface area (Å²) in [7, 11) is 0. The van der Waals surface area contributed by atoms with Crippen molar-refractivity contribution in [3.8, 4) is 0 Å². The molecule has 0 spiro atoms. The van der Waals surface area contributed by atoms with E-state index in [-0.39, 0.29) is 5.38 Å². The Labute approximate surface area is 78.0 Å². The monoisotopic (exact) mass is 184 g/mol. The summed E-state index contributed by atoms with van der Waals surface area (Å²) in [5.41, 5.74) is 0.988. The first-order valence-electron chi connectivity index (χ1n) is 4.15. The van der Waals surface area contributed by atoms with E-state index in [9.17, 15) is 0 Å². The van der Waals surface area contributed by atoms with E-state index >= 15 is 0 Å². The molecule has 0 bridgehead atoms. The molecule has 0 aliphatic rings. The topological polar surface area (TPSA) is 25.8 Å². The Morgan fingerprint density at radius 2 is 2.25 bits per heavy atom.